The van der Waals surface area contributed by atoms with E-state index in [2.05, 4.69) is 5.10 Å². The van der Waals surface area contributed by atoms with Crippen LogP contribution in [0.3, 0.4) is 0 Å². The van der Waals surface area contributed by atoms with Gasteiger partial charge in [-0.3, -0.25) is 4.68 Å². The SMILES string of the molecule is Cn1cc(OC2CCCC2O)cn1. The van der Waals surface area contributed by atoms with E-state index in [1.807, 2.05) is 13.2 Å². The Morgan fingerprint density at radius 3 is 3.00 bits per heavy atom. The van der Waals surface area contributed by atoms with E-state index in [-0.39, 0.29) is 12.2 Å². The van der Waals surface area contributed by atoms with Crippen LogP contribution < -0.4 is 4.74 Å². The van der Waals surface area contributed by atoms with Crippen LogP contribution in [-0.4, -0.2) is 27.1 Å². The van der Waals surface area contributed by atoms with E-state index in [9.17, 15) is 5.11 Å². The predicted molar refractivity (Wildman–Crippen MR) is 47.5 cm³/mol. The Kier molecular flexibility index (Phi) is 2.22. The highest BCUT2D eigenvalue weighted by molar-refractivity contribution is 5.12. The van der Waals surface area contributed by atoms with Crippen molar-refractivity contribution in [1.29, 1.82) is 0 Å². The van der Waals surface area contributed by atoms with Crippen LogP contribution in [0.1, 0.15) is 19.3 Å². The van der Waals surface area contributed by atoms with Gasteiger partial charge in [0.15, 0.2) is 5.75 Å². The maximum absolute atomic E-state index is 9.50. The highest BCUT2D eigenvalue weighted by Gasteiger charge is 2.27. The first-order chi connectivity index (χ1) is 6.25. The minimum Gasteiger partial charge on any atom is -0.484 e. The van der Waals surface area contributed by atoms with E-state index in [0.29, 0.717) is 0 Å². The Balaban J connectivity index is 1.97. The molecule has 2 rings (SSSR count). The summed E-state index contributed by atoms with van der Waals surface area (Å²) in [5, 5.41) is 13.5. The van der Waals surface area contributed by atoms with Crippen LogP contribution in [0, 0.1) is 0 Å². The van der Waals surface area contributed by atoms with Crippen molar-refractivity contribution in [3.8, 4) is 5.75 Å². The molecule has 0 saturated heterocycles. The summed E-state index contributed by atoms with van der Waals surface area (Å²) in [4.78, 5) is 0. The fourth-order valence-corrected chi connectivity index (χ4v) is 1.68. The third-order valence-electron chi connectivity index (χ3n) is 2.39. The second-order valence-corrected chi connectivity index (χ2v) is 3.50. The summed E-state index contributed by atoms with van der Waals surface area (Å²) in [5.74, 6) is 0.744. The molecule has 13 heavy (non-hydrogen) atoms. The number of aliphatic hydroxyl groups is 1. The van der Waals surface area contributed by atoms with Gasteiger partial charge in [-0.15, -0.1) is 0 Å². The highest BCUT2D eigenvalue weighted by atomic mass is 16.5. The fourth-order valence-electron chi connectivity index (χ4n) is 1.68. The number of aromatic nitrogens is 2. The molecule has 0 aliphatic heterocycles. The topological polar surface area (TPSA) is 47.3 Å². The molecular weight excluding hydrogens is 168 g/mol. The quantitative estimate of drug-likeness (QED) is 0.732. The number of nitrogens with zero attached hydrogens (tertiary/aromatic N) is 2. The largest absolute Gasteiger partial charge is 0.484 e. The average molecular weight is 182 g/mol. The average Bonchev–Trinajstić information content (AvgIpc) is 2.64. The fraction of sp³-hybridized carbons (Fsp3) is 0.667. The van der Waals surface area contributed by atoms with Crippen LogP contribution in [0.15, 0.2) is 12.4 Å². The molecule has 1 heterocycles. The summed E-state index contributed by atoms with van der Waals surface area (Å²) in [6.07, 6.45) is 5.98. The van der Waals surface area contributed by atoms with E-state index in [1.54, 1.807) is 10.9 Å². The van der Waals surface area contributed by atoms with Crippen LogP contribution in [0.25, 0.3) is 0 Å². The van der Waals surface area contributed by atoms with Gasteiger partial charge in [0.1, 0.15) is 6.10 Å². The number of rotatable bonds is 2. The zero-order chi connectivity index (χ0) is 9.26. The molecule has 1 aliphatic rings. The Morgan fingerprint density at radius 2 is 2.46 bits per heavy atom. The van der Waals surface area contributed by atoms with Crippen LogP contribution in [0.2, 0.25) is 0 Å². The normalized spacial score (nSPS) is 27.8. The molecule has 1 aliphatic carbocycles. The van der Waals surface area contributed by atoms with E-state index in [4.69, 9.17) is 4.74 Å². The Labute approximate surface area is 77.1 Å². The van der Waals surface area contributed by atoms with Gasteiger partial charge in [-0.2, -0.15) is 5.10 Å². The maximum atomic E-state index is 9.50. The van der Waals surface area contributed by atoms with Crippen LogP contribution in [0.5, 0.6) is 5.75 Å². The van der Waals surface area contributed by atoms with Crippen molar-refractivity contribution in [1.82, 2.24) is 9.78 Å². The maximum Gasteiger partial charge on any atom is 0.157 e. The summed E-state index contributed by atoms with van der Waals surface area (Å²) >= 11 is 0. The summed E-state index contributed by atoms with van der Waals surface area (Å²) in [6, 6.07) is 0. The van der Waals surface area contributed by atoms with Gasteiger partial charge in [-0.1, -0.05) is 0 Å². The molecular formula is C9H14N2O2. The van der Waals surface area contributed by atoms with Crippen molar-refractivity contribution >= 4 is 0 Å². The number of aliphatic hydroxyl groups excluding tert-OH is 1. The molecule has 1 aromatic rings. The molecule has 1 saturated carbocycles. The lowest BCUT2D eigenvalue weighted by molar-refractivity contribution is 0.0603. The molecule has 0 aromatic carbocycles. The Bertz CT molecular complexity index is 285. The number of hydrogen-bond donors (Lipinski definition) is 1. The first-order valence-corrected chi connectivity index (χ1v) is 4.59. The summed E-state index contributed by atoms with van der Waals surface area (Å²) < 4.78 is 7.27. The molecule has 2 unspecified atom stereocenters. The summed E-state index contributed by atoms with van der Waals surface area (Å²) in [6.45, 7) is 0. The second kappa shape index (κ2) is 3.38. The highest BCUT2D eigenvalue weighted by Crippen LogP contribution is 2.23. The number of aryl methyl sites for hydroxylation is 1. The van der Waals surface area contributed by atoms with Gasteiger partial charge in [0, 0.05) is 7.05 Å². The monoisotopic (exact) mass is 182 g/mol. The molecule has 0 radical (unpaired) electrons. The van der Waals surface area contributed by atoms with Crippen molar-refractivity contribution < 1.29 is 9.84 Å². The van der Waals surface area contributed by atoms with Crippen molar-refractivity contribution in [2.45, 2.75) is 31.5 Å². The van der Waals surface area contributed by atoms with Gasteiger partial charge in [0.2, 0.25) is 0 Å². The van der Waals surface area contributed by atoms with E-state index in [1.165, 1.54) is 0 Å². The van der Waals surface area contributed by atoms with Crippen molar-refractivity contribution in [2.24, 2.45) is 7.05 Å². The molecule has 0 bridgehead atoms. The third-order valence-corrected chi connectivity index (χ3v) is 2.39. The van der Waals surface area contributed by atoms with Crippen molar-refractivity contribution in [3.05, 3.63) is 12.4 Å². The third kappa shape index (κ3) is 1.83. The van der Waals surface area contributed by atoms with Crippen molar-refractivity contribution in [3.63, 3.8) is 0 Å². The smallest absolute Gasteiger partial charge is 0.157 e. The first kappa shape index (κ1) is 8.56. The van der Waals surface area contributed by atoms with Gasteiger partial charge in [0.05, 0.1) is 18.5 Å². The van der Waals surface area contributed by atoms with Gasteiger partial charge in [0.25, 0.3) is 0 Å². The molecule has 4 heteroatoms. The summed E-state index contributed by atoms with van der Waals surface area (Å²) in [5.41, 5.74) is 0. The standard InChI is InChI=1S/C9H14N2O2/c1-11-6-7(5-10-11)13-9-4-2-3-8(9)12/h5-6,8-9,12H,2-4H2,1H3. The zero-order valence-corrected chi connectivity index (χ0v) is 7.68. The molecule has 1 N–H and O–H groups in total. The molecule has 1 aromatic heterocycles. The van der Waals surface area contributed by atoms with Gasteiger partial charge in [-0.05, 0) is 19.3 Å². The van der Waals surface area contributed by atoms with Crippen molar-refractivity contribution in [2.75, 3.05) is 0 Å². The zero-order valence-electron chi connectivity index (χ0n) is 7.68. The molecule has 4 nitrogen and oxygen atoms in total. The second-order valence-electron chi connectivity index (χ2n) is 3.50. The minimum atomic E-state index is -0.305. The lowest BCUT2D eigenvalue weighted by Gasteiger charge is -2.14. The molecule has 1 fully saturated rings. The molecule has 2 atom stereocenters. The predicted octanol–water partition coefficient (Wildman–Crippen LogP) is 0.712. The molecule has 0 amide bonds. The van der Waals surface area contributed by atoms with Crippen LogP contribution in [-0.2, 0) is 7.05 Å². The minimum absolute atomic E-state index is 0.0378. The first-order valence-electron chi connectivity index (χ1n) is 4.59. The lowest BCUT2D eigenvalue weighted by Crippen LogP contribution is -2.25. The number of ether oxygens (including phenoxy) is 1. The van der Waals surface area contributed by atoms with Crippen LogP contribution in [0.4, 0.5) is 0 Å². The van der Waals surface area contributed by atoms with Crippen LogP contribution >= 0.6 is 0 Å². The van der Waals surface area contributed by atoms with E-state index in [0.717, 1.165) is 25.0 Å². The van der Waals surface area contributed by atoms with Gasteiger partial charge in [-0.25, -0.2) is 0 Å². The van der Waals surface area contributed by atoms with Gasteiger partial charge >= 0.3 is 0 Å². The molecule has 72 valence electrons. The van der Waals surface area contributed by atoms with E-state index < -0.39 is 0 Å². The summed E-state index contributed by atoms with van der Waals surface area (Å²) in [7, 11) is 1.85. The van der Waals surface area contributed by atoms with E-state index >= 15 is 0 Å². The lowest BCUT2D eigenvalue weighted by atomic mass is 10.3. The molecule has 0 spiro atoms. The Hall–Kier alpha value is -1.03. The Morgan fingerprint density at radius 1 is 1.62 bits per heavy atom. The van der Waals surface area contributed by atoms with Gasteiger partial charge < -0.3 is 9.84 Å². The number of hydrogen-bond acceptors (Lipinski definition) is 3.